The Morgan fingerprint density at radius 1 is 0.870 bits per heavy atom. The van der Waals surface area contributed by atoms with Gasteiger partial charge in [-0.15, -0.1) is 0 Å². The Bertz CT molecular complexity index is 420. The molecule has 0 aliphatic rings. The fraction of sp³-hybridized carbons (Fsp3) is 0.625. The van der Waals surface area contributed by atoms with E-state index in [0.717, 1.165) is 56.2 Å². The van der Waals surface area contributed by atoms with Gasteiger partial charge in [-0.3, -0.25) is 0 Å². The maximum Gasteiger partial charge on any atom is 0.483 e. The van der Waals surface area contributed by atoms with E-state index in [9.17, 15) is 13.2 Å². The van der Waals surface area contributed by atoms with Crippen molar-refractivity contribution >= 4 is 9.53 Å². The van der Waals surface area contributed by atoms with Gasteiger partial charge in [-0.1, -0.05) is 31.4 Å². The molecule has 0 radical (unpaired) electrons. The summed E-state index contributed by atoms with van der Waals surface area (Å²) >= 11 is 0. The predicted octanol–water partition coefficient (Wildman–Crippen LogP) is 4.23. The van der Waals surface area contributed by atoms with Crippen LogP contribution in [-0.2, 0) is 25.9 Å². The van der Waals surface area contributed by atoms with E-state index in [4.69, 9.17) is 13.3 Å². The number of alkyl halides is 3. The Morgan fingerprint density at radius 3 is 2.00 bits per heavy atom. The second-order valence-electron chi connectivity index (χ2n) is 5.34. The van der Waals surface area contributed by atoms with E-state index in [2.05, 4.69) is 0 Å². The third-order valence-electron chi connectivity index (χ3n) is 3.53. The molecule has 0 saturated heterocycles. The highest BCUT2D eigenvalue weighted by atomic mass is 28.3. The molecule has 1 aromatic rings. The number of halogens is 3. The molecule has 3 nitrogen and oxygen atoms in total. The summed E-state index contributed by atoms with van der Waals surface area (Å²) in [5.74, 6) is 0. The molecule has 23 heavy (non-hydrogen) atoms. The quantitative estimate of drug-likeness (QED) is 0.442. The number of hydrogen-bond donors (Lipinski definition) is 0. The third kappa shape index (κ3) is 8.50. The van der Waals surface area contributed by atoms with Crippen molar-refractivity contribution in [3.63, 3.8) is 0 Å². The van der Waals surface area contributed by atoms with Crippen LogP contribution in [0.5, 0.6) is 0 Å². The number of aryl methyl sites for hydroxylation is 1. The molecule has 1 aromatic carbocycles. The van der Waals surface area contributed by atoms with Crippen molar-refractivity contribution in [2.24, 2.45) is 0 Å². The van der Waals surface area contributed by atoms with E-state index < -0.39 is 21.3 Å². The van der Waals surface area contributed by atoms with Gasteiger partial charge in [0.05, 0.1) is 5.56 Å². The molecule has 1 rings (SSSR count). The molecule has 0 aromatic heterocycles. The minimum absolute atomic E-state index is 0.588. The molecule has 0 saturated carbocycles. The van der Waals surface area contributed by atoms with Gasteiger partial charge in [-0.25, -0.2) is 0 Å². The fourth-order valence-corrected chi connectivity index (χ4v) is 3.06. The van der Waals surface area contributed by atoms with Crippen LogP contribution in [0.15, 0.2) is 24.3 Å². The molecule has 0 aliphatic heterocycles. The summed E-state index contributed by atoms with van der Waals surface area (Å²) in [6.07, 6.45) is 1.75. The molecular formula is C16H25F3O3Si. The molecule has 0 aliphatic carbocycles. The summed E-state index contributed by atoms with van der Waals surface area (Å²) in [7, 11) is 1.28. The monoisotopic (exact) mass is 350 g/mol. The van der Waals surface area contributed by atoms with Crippen LogP contribution < -0.4 is 0 Å². The van der Waals surface area contributed by atoms with Crippen molar-refractivity contribution in [1.29, 1.82) is 0 Å². The summed E-state index contributed by atoms with van der Waals surface area (Å²) in [6, 6.07) is 5.44. The van der Waals surface area contributed by atoms with Crippen LogP contribution in [0.2, 0.25) is 0 Å². The highest BCUT2D eigenvalue weighted by Crippen LogP contribution is 2.29. The van der Waals surface area contributed by atoms with Gasteiger partial charge in [0.25, 0.3) is 0 Å². The number of rotatable bonds is 11. The van der Waals surface area contributed by atoms with Crippen LogP contribution in [0.1, 0.15) is 43.2 Å². The van der Waals surface area contributed by atoms with Crippen LogP contribution in [0, 0.1) is 0 Å². The van der Waals surface area contributed by atoms with Gasteiger partial charge >= 0.3 is 15.7 Å². The van der Waals surface area contributed by atoms with Crippen LogP contribution in [0.4, 0.5) is 13.2 Å². The largest absolute Gasteiger partial charge is 0.483 e. The first-order valence-electron chi connectivity index (χ1n) is 7.80. The van der Waals surface area contributed by atoms with Crippen LogP contribution in [0.3, 0.4) is 0 Å². The summed E-state index contributed by atoms with van der Waals surface area (Å²) in [4.78, 5) is 0. The summed E-state index contributed by atoms with van der Waals surface area (Å²) in [5, 5.41) is 0. The fourth-order valence-electron chi connectivity index (χ4n) is 2.23. The SMILES string of the molecule is CO[SiH](OC)OCCCCCCCc1ccc(C(F)(F)F)cc1. The van der Waals surface area contributed by atoms with E-state index >= 15 is 0 Å². The molecule has 0 atom stereocenters. The van der Waals surface area contributed by atoms with Crippen LogP contribution in [0.25, 0.3) is 0 Å². The Kier molecular flexibility index (Phi) is 9.46. The summed E-state index contributed by atoms with van der Waals surface area (Å²) in [5.41, 5.74) is 0.366. The van der Waals surface area contributed by atoms with Crippen molar-refractivity contribution in [3.8, 4) is 0 Å². The number of benzene rings is 1. The standard InChI is InChI=1S/C16H25F3O3Si/c1-20-23(21-2)22-13-7-5-3-4-6-8-14-9-11-15(12-10-14)16(17,18)19/h9-12,23H,3-8,13H2,1-2H3. The lowest BCUT2D eigenvalue weighted by Crippen LogP contribution is -2.24. The number of unbranched alkanes of at least 4 members (excludes halogenated alkanes) is 4. The molecule has 132 valence electrons. The Morgan fingerprint density at radius 2 is 1.43 bits per heavy atom. The van der Waals surface area contributed by atoms with E-state index in [0.29, 0.717) is 6.61 Å². The highest BCUT2D eigenvalue weighted by Gasteiger charge is 2.29. The van der Waals surface area contributed by atoms with Crippen molar-refractivity contribution in [1.82, 2.24) is 0 Å². The molecule has 0 heterocycles. The zero-order valence-corrected chi connectivity index (χ0v) is 14.8. The molecule has 0 N–H and O–H groups in total. The van der Waals surface area contributed by atoms with Gasteiger partial charge in [0.2, 0.25) is 0 Å². The van der Waals surface area contributed by atoms with Gasteiger partial charge in [0.1, 0.15) is 0 Å². The van der Waals surface area contributed by atoms with Crippen molar-refractivity contribution in [2.45, 2.75) is 44.7 Å². The second kappa shape index (κ2) is 10.8. The van der Waals surface area contributed by atoms with Crippen molar-refractivity contribution < 1.29 is 26.4 Å². The van der Waals surface area contributed by atoms with Gasteiger partial charge in [-0.2, -0.15) is 13.2 Å². The summed E-state index contributed by atoms with van der Waals surface area (Å²) < 4.78 is 52.9. The average molecular weight is 350 g/mol. The maximum atomic E-state index is 12.4. The predicted molar refractivity (Wildman–Crippen MR) is 85.4 cm³/mol. The maximum absolute atomic E-state index is 12.4. The smallest absolute Gasteiger partial charge is 0.379 e. The highest BCUT2D eigenvalue weighted by molar-refractivity contribution is 6.36. The van der Waals surface area contributed by atoms with E-state index in [1.165, 1.54) is 0 Å². The minimum Gasteiger partial charge on any atom is -0.379 e. The van der Waals surface area contributed by atoms with Gasteiger partial charge < -0.3 is 13.3 Å². The molecule has 0 fully saturated rings. The first-order chi connectivity index (χ1) is 11.0. The van der Waals surface area contributed by atoms with E-state index in [1.54, 1.807) is 26.4 Å². The Labute approximate surface area is 137 Å². The lowest BCUT2D eigenvalue weighted by molar-refractivity contribution is -0.137. The van der Waals surface area contributed by atoms with Gasteiger partial charge in [0, 0.05) is 20.8 Å². The molecule has 0 spiro atoms. The zero-order valence-electron chi connectivity index (χ0n) is 13.7. The lowest BCUT2D eigenvalue weighted by atomic mass is 10.0. The molecular weight excluding hydrogens is 325 g/mol. The average Bonchev–Trinajstić information content (AvgIpc) is 2.53. The van der Waals surface area contributed by atoms with Crippen LogP contribution in [-0.4, -0.2) is 30.4 Å². The summed E-state index contributed by atoms with van der Waals surface area (Å²) in [6.45, 7) is 0.650. The third-order valence-corrected chi connectivity index (χ3v) is 4.81. The molecule has 0 amide bonds. The number of hydrogen-bond acceptors (Lipinski definition) is 3. The molecule has 0 unspecified atom stereocenters. The topological polar surface area (TPSA) is 27.7 Å². The molecule has 0 bridgehead atoms. The first kappa shape index (κ1) is 20.2. The minimum atomic E-state index is -4.26. The van der Waals surface area contributed by atoms with E-state index in [1.807, 2.05) is 0 Å². The van der Waals surface area contributed by atoms with E-state index in [-0.39, 0.29) is 0 Å². The van der Waals surface area contributed by atoms with Crippen LogP contribution >= 0.6 is 0 Å². The zero-order chi connectivity index (χ0) is 17.1. The second-order valence-corrected chi connectivity index (χ2v) is 7.20. The Balaban J connectivity index is 2.07. The van der Waals surface area contributed by atoms with Gasteiger partial charge in [0.15, 0.2) is 0 Å². The van der Waals surface area contributed by atoms with Gasteiger partial charge in [-0.05, 0) is 37.0 Å². The van der Waals surface area contributed by atoms with Crippen molar-refractivity contribution in [2.75, 3.05) is 20.8 Å². The van der Waals surface area contributed by atoms with Crippen molar-refractivity contribution in [3.05, 3.63) is 35.4 Å². The first-order valence-corrected chi connectivity index (χ1v) is 9.22. The normalized spacial score (nSPS) is 12.1. The lowest BCUT2D eigenvalue weighted by Gasteiger charge is -2.11. The Hall–Kier alpha value is -0.893. The molecule has 7 heteroatoms.